The van der Waals surface area contributed by atoms with Crippen molar-refractivity contribution in [2.75, 3.05) is 13.1 Å². The van der Waals surface area contributed by atoms with Gasteiger partial charge in [-0.15, -0.1) is 0 Å². The molecule has 0 atom stereocenters. The van der Waals surface area contributed by atoms with Gasteiger partial charge in [-0.3, -0.25) is 14.0 Å². The van der Waals surface area contributed by atoms with E-state index in [0.29, 0.717) is 6.04 Å². The van der Waals surface area contributed by atoms with Crippen molar-refractivity contribution in [3.8, 4) is 0 Å². The maximum atomic E-state index is 13.0. The van der Waals surface area contributed by atoms with E-state index >= 15 is 0 Å². The zero-order valence-electron chi connectivity index (χ0n) is 18.1. The number of hydrogen-bond donors (Lipinski definition) is 0. The molecule has 2 fully saturated rings. The van der Waals surface area contributed by atoms with Crippen molar-refractivity contribution >= 4 is 11.0 Å². The standard InChI is InChI=1S/C26H33N3O/c1-27-23-13-7-8-14-24(23)29(25(27)30)22-15-19-28(20-16-22)26(17-9-2-3-10-18-26)21-11-5-4-6-12-21/h4-8,11-14,22H,2-3,9-10,15-20H2,1H3. The second kappa shape index (κ2) is 8.07. The molecule has 0 radical (unpaired) electrons. The molecule has 2 aromatic carbocycles. The summed E-state index contributed by atoms with van der Waals surface area (Å²) < 4.78 is 3.87. The maximum absolute atomic E-state index is 13.0. The van der Waals surface area contributed by atoms with E-state index in [1.165, 1.54) is 44.1 Å². The fourth-order valence-corrected chi connectivity index (χ4v) is 6.07. The third-order valence-corrected chi connectivity index (χ3v) is 7.67. The van der Waals surface area contributed by atoms with Crippen LogP contribution in [0.2, 0.25) is 0 Å². The van der Waals surface area contributed by atoms with Crippen molar-refractivity contribution in [1.82, 2.24) is 14.0 Å². The van der Waals surface area contributed by atoms with E-state index in [-0.39, 0.29) is 11.2 Å². The summed E-state index contributed by atoms with van der Waals surface area (Å²) in [5, 5.41) is 0. The van der Waals surface area contributed by atoms with Crippen LogP contribution in [0.15, 0.2) is 59.4 Å². The van der Waals surface area contributed by atoms with Gasteiger partial charge >= 0.3 is 5.69 Å². The molecule has 3 aromatic rings. The topological polar surface area (TPSA) is 30.2 Å². The number of nitrogens with zero attached hydrogens (tertiary/aromatic N) is 3. The van der Waals surface area contributed by atoms with Crippen LogP contribution < -0.4 is 5.69 Å². The van der Waals surface area contributed by atoms with E-state index in [2.05, 4.69) is 51.9 Å². The summed E-state index contributed by atoms with van der Waals surface area (Å²) in [5.74, 6) is 0. The van der Waals surface area contributed by atoms with E-state index in [9.17, 15) is 4.79 Å². The number of fused-ring (bicyclic) bond motifs is 1. The Kier molecular flexibility index (Phi) is 5.28. The van der Waals surface area contributed by atoms with Gasteiger partial charge in [0.05, 0.1) is 11.0 Å². The van der Waals surface area contributed by atoms with Crippen molar-refractivity contribution in [3.63, 3.8) is 0 Å². The smallest absolute Gasteiger partial charge is 0.295 e. The first-order valence-corrected chi connectivity index (χ1v) is 11.7. The predicted octanol–water partition coefficient (Wildman–Crippen LogP) is 5.23. The first kappa shape index (κ1) is 19.6. The Bertz CT molecular complexity index is 1050. The Balaban J connectivity index is 1.44. The van der Waals surface area contributed by atoms with Gasteiger partial charge in [0.2, 0.25) is 0 Å². The fraction of sp³-hybridized carbons (Fsp3) is 0.500. The minimum Gasteiger partial charge on any atom is -0.295 e. The normalized spacial score (nSPS) is 21.0. The molecule has 0 bridgehead atoms. The van der Waals surface area contributed by atoms with Crippen LogP contribution in [-0.4, -0.2) is 27.1 Å². The minimum absolute atomic E-state index is 0.127. The van der Waals surface area contributed by atoms with E-state index < -0.39 is 0 Å². The van der Waals surface area contributed by atoms with Gasteiger partial charge in [-0.1, -0.05) is 68.1 Å². The highest BCUT2D eigenvalue weighted by atomic mass is 16.1. The molecule has 158 valence electrons. The van der Waals surface area contributed by atoms with E-state index in [0.717, 1.165) is 37.0 Å². The maximum Gasteiger partial charge on any atom is 0.329 e. The van der Waals surface area contributed by atoms with Crippen LogP contribution in [0, 0.1) is 0 Å². The largest absolute Gasteiger partial charge is 0.329 e. The van der Waals surface area contributed by atoms with Gasteiger partial charge in [0.15, 0.2) is 0 Å². The van der Waals surface area contributed by atoms with Gasteiger partial charge in [-0.2, -0.15) is 0 Å². The van der Waals surface area contributed by atoms with Gasteiger partial charge < -0.3 is 0 Å². The van der Waals surface area contributed by atoms with Crippen molar-refractivity contribution < 1.29 is 0 Å². The molecule has 0 spiro atoms. The number of aromatic nitrogens is 2. The number of likely N-dealkylation sites (tertiary alicyclic amines) is 1. The summed E-state index contributed by atoms with van der Waals surface area (Å²) in [6.07, 6.45) is 9.96. The molecule has 1 aliphatic carbocycles. The molecule has 2 heterocycles. The lowest BCUT2D eigenvalue weighted by Gasteiger charge is -2.47. The molecular formula is C26H33N3O. The van der Waals surface area contributed by atoms with Crippen LogP contribution in [0.4, 0.5) is 0 Å². The van der Waals surface area contributed by atoms with Crippen LogP contribution in [0.1, 0.15) is 63.0 Å². The molecule has 1 saturated heterocycles. The lowest BCUT2D eigenvalue weighted by molar-refractivity contribution is 0.0355. The molecule has 1 saturated carbocycles. The average molecular weight is 404 g/mol. The van der Waals surface area contributed by atoms with Crippen molar-refractivity contribution in [1.29, 1.82) is 0 Å². The summed E-state index contributed by atoms with van der Waals surface area (Å²) in [6, 6.07) is 19.7. The second-order valence-electron chi connectivity index (χ2n) is 9.23. The highest BCUT2D eigenvalue weighted by molar-refractivity contribution is 5.76. The molecule has 0 unspecified atom stereocenters. The summed E-state index contributed by atoms with van der Waals surface area (Å²) in [6.45, 7) is 2.13. The number of para-hydroxylation sites is 2. The Labute approximate surface area is 179 Å². The van der Waals surface area contributed by atoms with Crippen LogP contribution >= 0.6 is 0 Å². The van der Waals surface area contributed by atoms with E-state index in [1.807, 2.05) is 19.2 Å². The van der Waals surface area contributed by atoms with Crippen molar-refractivity contribution in [2.24, 2.45) is 7.05 Å². The number of rotatable bonds is 3. The molecule has 4 nitrogen and oxygen atoms in total. The molecule has 0 N–H and O–H groups in total. The zero-order valence-corrected chi connectivity index (χ0v) is 18.1. The first-order valence-electron chi connectivity index (χ1n) is 11.7. The average Bonchev–Trinajstić information content (AvgIpc) is 2.95. The lowest BCUT2D eigenvalue weighted by atomic mass is 9.79. The summed E-state index contributed by atoms with van der Waals surface area (Å²) in [5.41, 5.74) is 3.91. The predicted molar refractivity (Wildman–Crippen MR) is 123 cm³/mol. The number of piperidine rings is 1. The van der Waals surface area contributed by atoms with E-state index in [4.69, 9.17) is 0 Å². The summed E-state index contributed by atoms with van der Waals surface area (Å²) in [4.78, 5) is 15.8. The monoisotopic (exact) mass is 403 g/mol. The molecule has 1 aromatic heterocycles. The highest BCUT2D eigenvalue weighted by Crippen LogP contribution is 2.43. The molecule has 2 aliphatic rings. The highest BCUT2D eigenvalue weighted by Gasteiger charge is 2.40. The van der Waals surface area contributed by atoms with Crippen LogP contribution in [0.5, 0.6) is 0 Å². The fourth-order valence-electron chi connectivity index (χ4n) is 6.07. The van der Waals surface area contributed by atoms with Gasteiger partial charge in [-0.25, -0.2) is 4.79 Å². The minimum atomic E-state index is 0.127. The SMILES string of the molecule is Cn1c(=O)n(C2CCN(C3(c4ccccc4)CCCCCC3)CC2)c2ccccc21. The Morgan fingerprint density at radius 2 is 1.40 bits per heavy atom. The quantitative estimate of drug-likeness (QED) is 0.561. The summed E-state index contributed by atoms with van der Waals surface area (Å²) in [7, 11) is 1.90. The molecule has 1 aliphatic heterocycles. The number of hydrogen-bond acceptors (Lipinski definition) is 2. The first-order chi connectivity index (χ1) is 14.7. The van der Waals surface area contributed by atoms with Crippen molar-refractivity contribution in [2.45, 2.75) is 62.9 Å². The van der Waals surface area contributed by atoms with Crippen LogP contribution in [0.3, 0.4) is 0 Å². The number of benzene rings is 2. The Morgan fingerprint density at radius 3 is 2.07 bits per heavy atom. The third kappa shape index (κ3) is 3.22. The van der Waals surface area contributed by atoms with Crippen LogP contribution in [0.25, 0.3) is 11.0 Å². The number of imidazole rings is 1. The molecule has 0 amide bonds. The molecule has 5 rings (SSSR count). The Hall–Kier alpha value is -2.33. The van der Waals surface area contributed by atoms with Crippen molar-refractivity contribution in [3.05, 3.63) is 70.6 Å². The molecule has 4 heteroatoms. The van der Waals surface area contributed by atoms with Gasteiger partial charge in [0.1, 0.15) is 0 Å². The summed E-state index contributed by atoms with van der Waals surface area (Å²) >= 11 is 0. The van der Waals surface area contributed by atoms with Gasteiger partial charge in [0.25, 0.3) is 0 Å². The third-order valence-electron chi connectivity index (χ3n) is 7.67. The van der Waals surface area contributed by atoms with Gasteiger partial charge in [-0.05, 0) is 43.4 Å². The molecular weight excluding hydrogens is 370 g/mol. The molecule has 30 heavy (non-hydrogen) atoms. The Morgan fingerprint density at radius 1 is 0.800 bits per heavy atom. The van der Waals surface area contributed by atoms with Crippen LogP contribution in [-0.2, 0) is 12.6 Å². The lowest BCUT2D eigenvalue weighted by Crippen LogP contribution is -2.50. The second-order valence-corrected chi connectivity index (χ2v) is 9.23. The number of aryl methyl sites for hydroxylation is 1. The zero-order chi connectivity index (χ0) is 20.6. The van der Waals surface area contributed by atoms with Gasteiger partial charge in [0, 0.05) is 31.7 Å². The van der Waals surface area contributed by atoms with E-state index in [1.54, 1.807) is 4.57 Å².